The molecule has 15 heavy (non-hydrogen) atoms. The van der Waals surface area contributed by atoms with Gasteiger partial charge < -0.3 is 5.73 Å². The maximum atomic E-state index is 5.74. The summed E-state index contributed by atoms with van der Waals surface area (Å²) in [5.41, 5.74) is 5.74. The number of nitrogens with zero attached hydrogens (tertiary/aromatic N) is 1. The van der Waals surface area contributed by atoms with Crippen LogP contribution in [0.2, 0.25) is 0 Å². The van der Waals surface area contributed by atoms with Crippen LogP contribution in [0.5, 0.6) is 0 Å². The highest BCUT2D eigenvalue weighted by Gasteiger charge is 2.23. The predicted molar refractivity (Wildman–Crippen MR) is 68.8 cm³/mol. The molecule has 0 aromatic carbocycles. The van der Waals surface area contributed by atoms with Crippen molar-refractivity contribution in [3.8, 4) is 0 Å². The fourth-order valence-electron chi connectivity index (χ4n) is 2.14. The fourth-order valence-corrected chi connectivity index (χ4v) is 3.06. The van der Waals surface area contributed by atoms with Crippen LogP contribution in [-0.4, -0.2) is 24.0 Å². The van der Waals surface area contributed by atoms with Crippen molar-refractivity contribution in [1.82, 2.24) is 4.90 Å². The summed E-state index contributed by atoms with van der Waals surface area (Å²) in [6.45, 7) is 5.29. The van der Waals surface area contributed by atoms with Crippen molar-refractivity contribution in [2.24, 2.45) is 5.73 Å². The van der Waals surface area contributed by atoms with Crippen LogP contribution in [0.25, 0.3) is 0 Å². The van der Waals surface area contributed by atoms with Gasteiger partial charge in [-0.2, -0.15) is 0 Å². The molecule has 1 saturated heterocycles. The van der Waals surface area contributed by atoms with Crippen molar-refractivity contribution in [3.63, 3.8) is 0 Å². The van der Waals surface area contributed by atoms with Gasteiger partial charge in [0.1, 0.15) is 0 Å². The minimum absolute atomic E-state index is 0. The first-order valence-electron chi connectivity index (χ1n) is 5.29. The first-order chi connectivity index (χ1) is 6.79. The molecule has 0 spiro atoms. The topological polar surface area (TPSA) is 29.3 Å². The second kappa shape index (κ2) is 5.85. The zero-order valence-electron chi connectivity index (χ0n) is 9.11. The van der Waals surface area contributed by atoms with Gasteiger partial charge in [0, 0.05) is 28.9 Å². The van der Waals surface area contributed by atoms with Crippen LogP contribution in [0.1, 0.15) is 22.6 Å². The summed E-state index contributed by atoms with van der Waals surface area (Å²) in [4.78, 5) is 5.40. The van der Waals surface area contributed by atoms with Gasteiger partial charge in [-0.05, 0) is 38.4 Å². The highest BCUT2D eigenvalue weighted by atomic mass is 35.5. The van der Waals surface area contributed by atoms with Crippen LogP contribution < -0.4 is 5.73 Å². The third kappa shape index (κ3) is 3.18. The Morgan fingerprint density at radius 1 is 1.53 bits per heavy atom. The Hall–Kier alpha value is -0.0900. The van der Waals surface area contributed by atoms with E-state index < -0.39 is 0 Å². The maximum Gasteiger partial charge on any atom is 0.0331 e. The van der Waals surface area contributed by atoms with E-state index in [1.807, 2.05) is 11.3 Å². The lowest BCUT2D eigenvalue weighted by molar-refractivity contribution is 0.252. The normalized spacial score (nSPS) is 21.6. The molecule has 1 aliphatic rings. The largest absolute Gasteiger partial charge is 0.329 e. The smallest absolute Gasteiger partial charge is 0.0331 e. The first kappa shape index (κ1) is 13.0. The van der Waals surface area contributed by atoms with E-state index in [2.05, 4.69) is 24.0 Å². The molecule has 86 valence electrons. The molecule has 2 rings (SSSR count). The molecular weight excluding hydrogens is 228 g/mol. The molecule has 1 aromatic rings. The first-order valence-corrected chi connectivity index (χ1v) is 6.10. The van der Waals surface area contributed by atoms with Gasteiger partial charge in [-0.3, -0.25) is 4.90 Å². The van der Waals surface area contributed by atoms with Crippen LogP contribution >= 0.6 is 23.7 Å². The zero-order chi connectivity index (χ0) is 9.97. The highest BCUT2D eigenvalue weighted by Crippen LogP contribution is 2.22. The lowest BCUT2D eigenvalue weighted by Crippen LogP contribution is -2.34. The number of hydrogen-bond acceptors (Lipinski definition) is 3. The molecule has 1 fully saturated rings. The molecule has 0 amide bonds. The van der Waals surface area contributed by atoms with Crippen LogP contribution in [0.4, 0.5) is 0 Å². The average Bonchev–Trinajstić information content (AvgIpc) is 2.76. The molecular formula is C11H19ClN2S. The Morgan fingerprint density at radius 3 is 2.93 bits per heavy atom. The van der Waals surface area contributed by atoms with E-state index in [1.54, 1.807) is 0 Å². The molecule has 2 heterocycles. The Labute approximate surface area is 102 Å². The second-order valence-electron chi connectivity index (χ2n) is 4.01. The number of aryl methyl sites for hydroxylation is 1. The number of halogens is 1. The van der Waals surface area contributed by atoms with E-state index in [0.29, 0.717) is 6.04 Å². The lowest BCUT2D eigenvalue weighted by atomic mass is 10.2. The molecule has 4 heteroatoms. The Kier molecular flexibility index (Phi) is 5.06. The standard InChI is InChI=1S/C11H18N2S.ClH/c1-9-4-5-11(14-9)8-13-6-2-3-10(13)7-12;/h4-5,10H,2-3,6-8,12H2,1H3;1H. The summed E-state index contributed by atoms with van der Waals surface area (Å²) < 4.78 is 0. The van der Waals surface area contributed by atoms with Gasteiger partial charge in [0.05, 0.1) is 0 Å². The van der Waals surface area contributed by atoms with Crippen molar-refractivity contribution >= 4 is 23.7 Å². The molecule has 0 aliphatic carbocycles. The summed E-state index contributed by atoms with van der Waals surface area (Å²) in [5, 5.41) is 0. The van der Waals surface area contributed by atoms with Crippen molar-refractivity contribution < 1.29 is 0 Å². The molecule has 0 bridgehead atoms. The zero-order valence-corrected chi connectivity index (χ0v) is 10.7. The number of hydrogen-bond donors (Lipinski definition) is 1. The van der Waals surface area contributed by atoms with Crippen molar-refractivity contribution in [3.05, 3.63) is 21.9 Å². The third-order valence-corrected chi connectivity index (χ3v) is 3.91. The Bertz CT molecular complexity index is 301. The average molecular weight is 247 g/mol. The summed E-state index contributed by atoms with van der Waals surface area (Å²) in [6, 6.07) is 5.07. The van der Waals surface area contributed by atoms with E-state index in [9.17, 15) is 0 Å². The lowest BCUT2D eigenvalue weighted by Gasteiger charge is -2.22. The van der Waals surface area contributed by atoms with Crippen LogP contribution in [0, 0.1) is 6.92 Å². The molecule has 0 radical (unpaired) electrons. The molecule has 0 saturated carbocycles. The summed E-state index contributed by atoms with van der Waals surface area (Å²) in [7, 11) is 0. The van der Waals surface area contributed by atoms with E-state index in [1.165, 1.54) is 29.1 Å². The summed E-state index contributed by atoms with van der Waals surface area (Å²) in [6.07, 6.45) is 2.59. The summed E-state index contributed by atoms with van der Waals surface area (Å²) in [5.74, 6) is 0. The minimum Gasteiger partial charge on any atom is -0.329 e. The van der Waals surface area contributed by atoms with Gasteiger partial charge in [0.2, 0.25) is 0 Å². The number of nitrogens with two attached hydrogens (primary N) is 1. The van der Waals surface area contributed by atoms with E-state index in [-0.39, 0.29) is 12.4 Å². The molecule has 2 N–H and O–H groups in total. The van der Waals surface area contributed by atoms with Gasteiger partial charge in [-0.15, -0.1) is 23.7 Å². The van der Waals surface area contributed by atoms with E-state index in [4.69, 9.17) is 5.73 Å². The van der Waals surface area contributed by atoms with Gasteiger partial charge in [-0.1, -0.05) is 0 Å². The molecule has 2 nitrogen and oxygen atoms in total. The van der Waals surface area contributed by atoms with Gasteiger partial charge in [0.25, 0.3) is 0 Å². The van der Waals surface area contributed by atoms with Gasteiger partial charge >= 0.3 is 0 Å². The third-order valence-electron chi connectivity index (χ3n) is 2.93. The van der Waals surface area contributed by atoms with Crippen molar-refractivity contribution in [2.75, 3.05) is 13.1 Å². The molecule has 1 unspecified atom stereocenters. The van der Waals surface area contributed by atoms with E-state index >= 15 is 0 Å². The van der Waals surface area contributed by atoms with Gasteiger partial charge in [0.15, 0.2) is 0 Å². The van der Waals surface area contributed by atoms with Gasteiger partial charge in [-0.25, -0.2) is 0 Å². The number of likely N-dealkylation sites (tertiary alicyclic amines) is 1. The SMILES string of the molecule is Cc1ccc(CN2CCCC2CN)s1.Cl. The molecule has 1 aromatic heterocycles. The quantitative estimate of drug-likeness (QED) is 0.888. The minimum atomic E-state index is 0. The van der Waals surface area contributed by atoms with Crippen LogP contribution in [0.15, 0.2) is 12.1 Å². The summed E-state index contributed by atoms with van der Waals surface area (Å²) >= 11 is 1.90. The highest BCUT2D eigenvalue weighted by molar-refractivity contribution is 7.11. The van der Waals surface area contributed by atoms with Crippen molar-refractivity contribution in [2.45, 2.75) is 32.4 Å². The van der Waals surface area contributed by atoms with Crippen molar-refractivity contribution in [1.29, 1.82) is 0 Å². The Morgan fingerprint density at radius 2 is 2.33 bits per heavy atom. The second-order valence-corrected chi connectivity index (χ2v) is 5.39. The number of rotatable bonds is 3. The van der Waals surface area contributed by atoms with Crippen LogP contribution in [-0.2, 0) is 6.54 Å². The monoisotopic (exact) mass is 246 g/mol. The maximum absolute atomic E-state index is 5.74. The Balaban J connectivity index is 0.00000112. The van der Waals surface area contributed by atoms with E-state index in [0.717, 1.165) is 13.1 Å². The van der Waals surface area contributed by atoms with Crippen LogP contribution in [0.3, 0.4) is 0 Å². The predicted octanol–water partition coefficient (Wildman–Crippen LogP) is 2.40. The molecule has 1 atom stereocenters. The molecule has 1 aliphatic heterocycles. The fraction of sp³-hybridized carbons (Fsp3) is 0.636. The number of thiophene rings is 1.